The van der Waals surface area contributed by atoms with E-state index in [2.05, 4.69) is 0 Å². The molecule has 0 N–H and O–H groups in total. The van der Waals surface area contributed by atoms with Crippen LogP contribution in [-0.2, 0) is 9.84 Å². The van der Waals surface area contributed by atoms with E-state index >= 15 is 0 Å². The van der Waals surface area contributed by atoms with Crippen molar-refractivity contribution in [3.8, 4) is 0 Å². The quantitative estimate of drug-likeness (QED) is 0.858. The van der Waals surface area contributed by atoms with Crippen LogP contribution < -0.4 is 0 Å². The van der Waals surface area contributed by atoms with Gasteiger partial charge in [-0.05, 0) is 55.7 Å². The van der Waals surface area contributed by atoms with Crippen LogP contribution in [0.1, 0.15) is 63.5 Å². The summed E-state index contributed by atoms with van der Waals surface area (Å²) in [7, 11) is -5.19. The maximum atomic E-state index is 12.5. The lowest BCUT2D eigenvalue weighted by Crippen LogP contribution is -2.34. The van der Waals surface area contributed by atoms with Crippen molar-refractivity contribution in [1.29, 1.82) is 0 Å². The van der Waals surface area contributed by atoms with E-state index in [0.29, 0.717) is 18.2 Å². The van der Waals surface area contributed by atoms with Crippen LogP contribution in [-0.4, -0.2) is 39.0 Å². The van der Waals surface area contributed by atoms with E-state index < -0.39 is 82.7 Å². The number of nitrogens with zero attached hydrogens (tertiary/aromatic N) is 1. The SMILES string of the molecule is [2H]C([2H])([2H])C([2H])([2H])C([2H])([2H])N1C([2H])([2H])C([2H])([2H])C([2H])([2H])[C@]([2H])(c2cccc(S(=O)(=O)C([2H])([2H])[2H])c2)C1([2H])[2H]. The van der Waals surface area contributed by atoms with Crippen molar-refractivity contribution in [2.45, 2.75) is 36.8 Å². The fourth-order valence-electron chi connectivity index (χ4n) is 1.38. The van der Waals surface area contributed by atoms with E-state index in [-0.39, 0.29) is 0 Å². The monoisotopic (exact) mass is 300 g/mol. The topological polar surface area (TPSA) is 37.4 Å². The van der Waals surface area contributed by atoms with Crippen LogP contribution in [0.4, 0.5) is 0 Å². The standard InChI is InChI=1S/C15H23NO2S/c1-3-9-16-10-5-7-14(12-16)13-6-4-8-15(11-13)19(2,17)18/h4,6,8,11,14H,3,5,7,9-10,12H2,1-2H3/t14-/m0/s1/i1D3,2D3,3D2,5D2,7D2,9D2,10D2,12D2,14D. The number of hydrogen-bond donors (Lipinski definition) is 0. The first-order chi connectivity index (χ1) is 16.3. The third kappa shape index (κ3) is 3.80. The molecule has 1 heterocycles. The highest BCUT2D eigenvalue weighted by atomic mass is 32.2. The molecule has 1 saturated heterocycles. The van der Waals surface area contributed by atoms with Crippen LogP contribution >= 0.6 is 0 Å². The molecule has 1 atom stereocenters. The van der Waals surface area contributed by atoms with Gasteiger partial charge in [0.15, 0.2) is 9.84 Å². The first-order valence-corrected chi connectivity index (χ1v) is 6.47. The van der Waals surface area contributed by atoms with Gasteiger partial charge in [0, 0.05) is 38.7 Å². The Morgan fingerprint density at radius 2 is 2.53 bits per heavy atom. The summed E-state index contributed by atoms with van der Waals surface area (Å²) in [6, 6.07) is 2.52. The fourth-order valence-corrected chi connectivity index (χ4v) is 1.92. The molecule has 1 aromatic rings. The molecule has 0 spiro atoms. The van der Waals surface area contributed by atoms with Gasteiger partial charge in [-0.15, -0.1) is 0 Å². The van der Waals surface area contributed by atoms with Gasteiger partial charge < -0.3 is 4.90 Å². The van der Waals surface area contributed by atoms with E-state index in [1.807, 2.05) is 0 Å². The number of benzene rings is 1. The third-order valence-electron chi connectivity index (χ3n) is 2.18. The predicted molar refractivity (Wildman–Crippen MR) is 78.3 cm³/mol. The number of sulfone groups is 1. The van der Waals surface area contributed by atoms with Gasteiger partial charge in [0.1, 0.15) is 0 Å². The van der Waals surface area contributed by atoms with E-state index in [0.717, 1.165) is 6.07 Å². The molecule has 106 valence electrons. The molecular weight excluding hydrogens is 258 g/mol. The normalized spacial score (nSPS) is 53.6. The van der Waals surface area contributed by atoms with Crippen molar-refractivity contribution in [2.24, 2.45) is 0 Å². The second-order valence-corrected chi connectivity index (χ2v) is 4.93. The molecule has 0 aliphatic carbocycles. The van der Waals surface area contributed by atoms with Crippen LogP contribution in [0.15, 0.2) is 29.2 Å². The molecule has 0 radical (unpaired) electrons. The summed E-state index contributed by atoms with van der Waals surface area (Å²) in [5, 5.41) is 0. The lowest BCUT2D eigenvalue weighted by atomic mass is 9.90. The summed E-state index contributed by atoms with van der Waals surface area (Å²) in [6.45, 7) is -16.5. The zero-order chi connectivity index (χ0) is 30.6. The molecule has 0 aromatic heterocycles. The molecule has 1 aliphatic rings. The zero-order valence-corrected chi connectivity index (χ0v) is 10.3. The van der Waals surface area contributed by atoms with Crippen molar-refractivity contribution in [3.05, 3.63) is 29.8 Å². The van der Waals surface area contributed by atoms with E-state index in [4.69, 9.17) is 26.0 Å². The highest BCUT2D eigenvalue weighted by Gasteiger charge is 2.21. The second-order valence-electron chi connectivity index (χ2n) is 3.45. The fraction of sp³-hybridized carbons (Fsp3) is 0.600. The summed E-state index contributed by atoms with van der Waals surface area (Å²) >= 11 is 0. The third-order valence-corrected chi connectivity index (χ3v) is 3.05. The molecule has 1 aromatic carbocycles. The van der Waals surface area contributed by atoms with Gasteiger partial charge >= 0.3 is 0 Å². The highest BCUT2D eigenvalue weighted by molar-refractivity contribution is 7.90. The molecule has 4 heteroatoms. The van der Waals surface area contributed by atoms with Crippen molar-refractivity contribution in [1.82, 2.24) is 4.90 Å². The van der Waals surface area contributed by atoms with E-state index in [1.165, 1.54) is 0 Å². The number of likely N-dealkylation sites (tertiary alicyclic amines) is 1. The average molecular weight is 301 g/mol. The van der Waals surface area contributed by atoms with E-state index in [1.54, 1.807) is 0 Å². The van der Waals surface area contributed by atoms with Gasteiger partial charge in [-0.25, -0.2) is 8.42 Å². The maximum Gasteiger partial charge on any atom is 0.175 e. The Labute approximate surface area is 143 Å². The molecule has 0 amide bonds. The van der Waals surface area contributed by atoms with Crippen LogP contribution in [0.5, 0.6) is 0 Å². The first kappa shape index (κ1) is 3.66. The van der Waals surface area contributed by atoms with Crippen molar-refractivity contribution < 1.29 is 34.5 Å². The Morgan fingerprint density at radius 3 is 3.32 bits per heavy atom. The van der Waals surface area contributed by atoms with Gasteiger partial charge in [0.2, 0.25) is 0 Å². The number of rotatable bonds is 4. The molecule has 2 rings (SSSR count). The number of piperidine rings is 1. The van der Waals surface area contributed by atoms with Crippen LogP contribution in [0.2, 0.25) is 0 Å². The van der Waals surface area contributed by atoms with Gasteiger partial charge in [0.05, 0.1) is 4.90 Å². The minimum atomic E-state index is -5.19. The van der Waals surface area contributed by atoms with Crippen LogP contribution in [0.25, 0.3) is 0 Å². The zero-order valence-electron chi connectivity index (χ0n) is 28.5. The molecule has 0 saturated carbocycles. The second kappa shape index (κ2) is 6.06. The summed E-state index contributed by atoms with van der Waals surface area (Å²) in [5.74, 6) is -3.85. The largest absolute Gasteiger partial charge is 0.303 e. The number of hydrogen-bond acceptors (Lipinski definition) is 3. The lowest BCUT2D eigenvalue weighted by Gasteiger charge is -2.32. The van der Waals surface area contributed by atoms with Gasteiger partial charge in [-0.2, -0.15) is 0 Å². The molecule has 1 aliphatic heterocycles. The minimum absolute atomic E-state index is 0.341. The predicted octanol–water partition coefficient (Wildman–Crippen LogP) is 2.68. The Hall–Kier alpha value is -0.870. The van der Waals surface area contributed by atoms with Crippen molar-refractivity contribution in [2.75, 3.05) is 25.7 Å². The smallest absolute Gasteiger partial charge is 0.175 e. The maximum absolute atomic E-state index is 12.5. The summed E-state index contributed by atoms with van der Waals surface area (Å²) in [4.78, 5) is -1.91. The molecule has 1 fully saturated rings. The van der Waals surface area contributed by atoms with E-state index in [9.17, 15) is 8.42 Å². The van der Waals surface area contributed by atoms with Crippen molar-refractivity contribution >= 4 is 9.84 Å². The highest BCUT2D eigenvalue weighted by Crippen LogP contribution is 2.28. The molecular formula is C15H23NO2S. The summed E-state index contributed by atoms with van der Waals surface area (Å²) in [5.41, 5.74) is -1.08. The Morgan fingerprint density at radius 1 is 1.63 bits per heavy atom. The Bertz CT molecular complexity index is 1200. The van der Waals surface area contributed by atoms with Crippen LogP contribution in [0, 0.1) is 0 Å². The first-order valence-electron chi connectivity index (χ1n) is 14.5. The van der Waals surface area contributed by atoms with Crippen molar-refractivity contribution in [3.63, 3.8) is 0 Å². The Kier molecular flexibility index (Phi) is 1.17. The summed E-state index contributed by atoms with van der Waals surface area (Å²) < 4.78 is 176. The lowest BCUT2D eigenvalue weighted by molar-refractivity contribution is 0.208. The molecule has 19 heavy (non-hydrogen) atoms. The molecule has 0 bridgehead atoms. The minimum Gasteiger partial charge on any atom is -0.303 e. The summed E-state index contributed by atoms with van der Waals surface area (Å²) in [6.07, 6.45) is -15.9. The van der Waals surface area contributed by atoms with Gasteiger partial charge in [0.25, 0.3) is 0 Å². The van der Waals surface area contributed by atoms with Crippen LogP contribution in [0.3, 0.4) is 0 Å². The van der Waals surface area contributed by atoms with Gasteiger partial charge in [-0.1, -0.05) is 19.0 Å². The Balaban J connectivity index is 3.08. The molecule has 0 unspecified atom stereocenters. The average Bonchev–Trinajstić information content (AvgIpc) is 2.69. The van der Waals surface area contributed by atoms with Gasteiger partial charge in [-0.3, -0.25) is 0 Å². The molecule has 3 nitrogen and oxygen atoms in total.